The van der Waals surface area contributed by atoms with Crippen molar-refractivity contribution in [3.8, 4) is 0 Å². The fourth-order valence-electron chi connectivity index (χ4n) is 1.58. The third-order valence-corrected chi connectivity index (χ3v) is 2.65. The second-order valence-electron chi connectivity index (χ2n) is 3.76. The molecular formula is C12H19N. The Balaban J connectivity index is 2.87. The summed E-state index contributed by atoms with van der Waals surface area (Å²) in [7, 11) is 2.01. The summed E-state index contributed by atoms with van der Waals surface area (Å²) in [6.07, 6.45) is 1.12. The summed E-state index contributed by atoms with van der Waals surface area (Å²) in [5.74, 6) is 0. The van der Waals surface area contributed by atoms with E-state index in [0.29, 0.717) is 6.04 Å². The van der Waals surface area contributed by atoms with E-state index in [1.54, 1.807) is 0 Å². The van der Waals surface area contributed by atoms with E-state index in [9.17, 15) is 0 Å². The number of hydrogen-bond donors (Lipinski definition) is 1. The highest BCUT2D eigenvalue weighted by Gasteiger charge is 2.05. The van der Waals surface area contributed by atoms with E-state index < -0.39 is 0 Å². The van der Waals surface area contributed by atoms with Gasteiger partial charge >= 0.3 is 0 Å². The highest BCUT2D eigenvalue weighted by molar-refractivity contribution is 5.33. The van der Waals surface area contributed by atoms with Gasteiger partial charge in [-0.05, 0) is 50.9 Å². The van der Waals surface area contributed by atoms with Crippen molar-refractivity contribution in [3.05, 3.63) is 34.9 Å². The summed E-state index contributed by atoms with van der Waals surface area (Å²) in [5.41, 5.74) is 4.30. The zero-order valence-corrected chi connectivity index (χ0v) is 9.02. The van der Waals surface area contributed by atoms with Crippen molar-refractivity contribution in [2.45, 2.75) is 33.2 Å². The molecule has 1 rings (SSSR count). The minimum atomic E-state index is 0.555. The summed E-state index contributed by atoms with van der Waals surface area (Å²) in [6, 6.07) is 7.05. The van der Waals surface area contributed by atoms with Crippen LogP contribution in [0.5, 0.6) is 0 Å². The molecule has 72 valence electrons. The van der Waals surface area contributed by atoms with Crippen LogP contribution >= 0.6 is 0 Å². The van der Waals surface area contributed by atoms with Gasteiger partial charge in [0.25, 0.3) is 0 Å². The van der Waals surface area contributed by atoms with Crippen LogP contribution in [0.15, 0.2) is 18.2 Å². The molecule has 0 aliphatic carbocycles. The first-order chi connectivity index (χ1) is 6.15. The largest absolute Gasteiger partial charge is 0.317 e. The average molecular weight is 177 g/mol. The van der Waals surface area contributed by atoms with Crippen molar-refractivity contribution >= 4 is 0 Å². The van der Waals surface area contributed by atoms with Crippen LogP contribution in [0.4, 0.5) is 0 Å². The van der Waals surface area contributed by atoms with Crippen LogP contribution in [0.25, 0.3) is 0 Å². The number of aryl methyl sites for hydroxylation is 2. The lowest BCUT2D eigenvalue weighted by Crippen LogP contribution is -2.24. The molecule has 13 heavy (non-hydrogen) atoms. The monoisotopic (exact) mass is 177 g/mol. The lowest BCUT2D eigenvalue weighted by Gasteiger charge is -2.14. The van der Waals surface area contributed by atoms with E-state index in [1.807, 2.05) is 7.05 Å². The SMILES string of the molecule is CNC(C)Cc1c(C)cccc1C. The standard InChI is InChI=1S/C12H19N/c1-9-6-5-7-10(2)12(9)8-11(3)13-4/h5-7,11,13H,8H2,1-4H3. The smallest absolute Gasteiger partial charge is 0.00763 e. The summed E-state index contributed by atoms with van der Waals surface area (Å²) >= 11 is 0. The van der Waals surface area contributed by atoms with Gasteiger partial charge in [0.15, 0.2) is 0 Å². The molecule has 0 amide bonds. The van der Waals surface area contributed by atoms with Crippen LogP contribution in [0.1, 0.15) is 23.6 Å². The van der Waals surface area contributed by atoms with Gasteiger partial charge < -0.3 is 5.32 Å². The maximum absolute atomic E-state index is 3.27. The van der Waals surface area contributed by atoms with Gasteiger partial charge in [-0.15, -0.1) is 0 Å². The van der Waals surface area contributed by atoms with E-state index in [2.05, 4.69) is 44.3 Å². The highest BCUT2D eigenvalue weighted by atomic mass is 14.8. The lowest BCUT2D eigenvalue weighted by atomic mass is 9.97. The summed E-state index contributed by atoms with van der Waals surface area (Å²) in [6.45, 7) is 6.58. The van der Waals surface area contributed by atoms with Crippen molar-refractivity contribution in [1.29, 1.82) is 0 Å². The normalized spacial score (nSPS) is 12.9. The molecule has 1 aromatic rings. The maximum atomic E-state index is 3.27. The number of benzene rings is 1. The number of rotatable bonds is 3. The molecule has 0 radical (unpaired) electrons. The van der Waals surface area contributed by atoms with Gasteiger partial charge in [0, 0.05) is 6.04 Å². The summed E-state index contributed by atoms with van der Waals surface area (Å²) in [4.78, 5) is 0. The number of likely N-dealkylation sites (N-methyl/N-ethyl adjacent to an activating group) is 1. The maximum Gasteiger partial charge on any atom is 0.00763 e. The molecular weight excluding hydrogens is 158 g/mol. The first-order valence-corrected chi connectivity index (χ1v) is 4.87. The number of hydrogen-bond acceptors (Lipinski definition) is 1. The zero-order valence-electron chi connectivity index (χ0n) is 9.02. The Labute approximate surface area is 81.2 Å². The molecule has 0 heterocycles. The molecule has 1 atom stereocenters. The minimum Gasteiger partial charge on any atom is -0.317 e. The Kier molecular flexibility index (Phi) is 3.49. The van der Waals surface area contributed by atoms with Gasteiger partial charge in [0.2, 0.25) is 0 Å². The van der Waals surface area contributed by atoms with E-state index in [0.717, 1.165) is 6.42 Å². The Hall–Kier alpha value is -0.820. The highest BCUT2D eigenvalue weighted by Crippen LogP contribution is 2.14. The summed E-state index contributed by atoms with van der Waals surface area (Å²) in [5, 5.41) is 3.27. The van der Waals surface area contributed by atoms with Gasteiger partial charge in [0.05, 0.1) is 0 Å². The fourth-order valence-corrected chi connectivity index (χ4v) is 1.58. The third-order valence-electron chi connectivity index (χ3n) is 2.65. The first kappa shape index (κ1) is 10.3. The summed E-state index contributed by atoms with van der Waals surface area (Å²) < 4.78 is 0. The Bertz CT molecular complexity index is 258. The van der Waals surface area contributed by atoms with Crippen molar-refractivity contribution in [1.82, 2.24) is 5.32 Å². The van der Waals surface area contributed by atoms with Crippen molar-refractivity contribution < 1.29 is 0 Å². The zero-order chi connectivity index (χ0) is 9.84. The van der Waals surface area contributed by atoms with E-state index in [-0.39, 0.29) is 0 Å². The minimum absolute atomic E-state index is 0.555. The molecule has 0 saturated heterocycles. The molecule has 0 bridgehead atoms. The van der Waals surface area contributed by atoms with E-state index in [4.69, 9.17) is 0 Å². The van der Waals surface area contributed by atoms with Crippen LogP contribution in [-0.2, 0) is 6.42 Å². The molecule has 0 aromatic heterocycles. The van der Waals surface area contributed by atoms with Gasteiger partial charge in [-0.3, -0.25) is 0 Å². The van der Waals surface area contributed by atoms with Crippen molar-refractivity contribution in [3.63, 3.8) is 0 Å². The van der Waals surface area contributed by atoms with E-state index in [1.165, 1.54) is 16.7 Å². The molecule has 0 fully saturated rings. The lowest BCUT2D eigenvalue weighted by molar-refractivity contribution is 0.605. The van der Waals surface area contributed by atoms with Gasteiger partial charge in [-0.2, -0.15) is 0 Å². The molecule has 1 unspecified atom stereocenters. The molecule has 0 saturated carbocycles. The van der Waals surface area contributed by atoms with Gasteiger partial charge in [0.1, 0.15) is 0 Å². The second kappa shape index (κ2) is 4.43. The van der Waals surface area contributed by atoms with Crippen LogP contribution in [0.3, 0.4) is 0 Å². The van der Waals surface area contributed by atoms with Crippen LogP contribution in [0.2, 0.25) is 0 Å². The quantitative estimate of drug-likeness (QED) is 0.748. The molecule has 1 heteroatoms. The molecule has 0 aliphatic rings. The Morgan fingerprint density at radius 3 is 2.23 bits per heavy atom. The molecule has 1 N–H and O–H groups in total. The molecule has 0 spiro atoms. The number of nitrogens with one attached hydrogen (secondary N) is 1. The molecule has 1 aromatic carbocycles. The van der Waals surface area contributed by atoms with Crippen LogP contribution in [0, 0.1) is 13.8 Å². The van der Waals surface area contributed by atoms with Gasteiger partial charge in [-0.25, -0.2) is 0 Å². The fraction of sp³-hybridized carbons (Fsp3) is 0.500. The third kappa shape index (κ3) is 2.56. The van der Waals surface area contributed by atoms with Crippen molar-refractivity contribution in [2.24, 2.45) is 0 Å². The van der Waals surface area contributed by atoms with Gasteiger partial charge in [-0.1, -0.05) is 18.2 Å². The van der Waals surface area contributed by atoms with E-state index >= 15 is 0 Å². The Morgan fingerprint density at radius 2 is 1.77 bits per heavy atom. The van der Waals surface area contributed by atoms with Crippen LogP contribution in [-0.4, -0.2) is 13.1 Å². The molecule has 0 aliphatic heterocycles. The second-order valence-corrected chi connectivity index (χ2v) is 3.76. The average Bonchev–Trinajstić information content (AvgIpc) is 2.11. The Morgan fingerprint density at radius 1 is 1.23 bits per heavy atom. The predicted molar refractivity (Wildman–Crippen MR) is 58.1 cm³/mol. The van der Waals surface area contributed by atoms with Crippen molar-refractivity contribution in [2.75, 3.05) is 7.05 Å². The molecule has 1 nitrogen and oxygen atoms in total. The predicted octanol–water partition coefficient (Wildman–Crippen LogP) is 2.45. The topological polar surface area (TPSA) is 12.0 Å². The first-order valence-electron chi connectivity index (χ1n) is 4.87. The van der Waals surface area contributed by atoms with Crippen LogP contribution < -0.4 is 5.32 Å².